The molecule has 0 spiro atoms. The fourth-order valence-electron chi connectivity index (χ4n) is 4.17. The summed E-state index contributed by atoms with van der Waals surface area (Å²) in [4.78, 5) is 23.7. The van der Waals surface area contributed by atoms with Gasteiger partial charge in [0.05, 0.1) is 17.9 Å². The minimum Gasteiger partial charge on any atom is -0.368 e. The van der Waals surface area contributed by atoms with Crippen LogP contribution in [0.2, 0.25) is 0 Å². The molecule has 1 saturated carbocycles. The highest BCUT2D eigenvalue weighted by Gasteiger charge is 2.37. The van der Waals surface area contributed by atoms with Gasteiger partial charge in [0.1, 0.15) is 0 Å². The van der Waals surface area contributed by atoms with Crippen LogP contribution < -0.4 is 5.73 Å². The molecule has 1 atom stereocenters. The zero-order chi connectivity index (χ0) is 17.4. The van der Waals surface area contributed by atoms with E-state index in [1.165, 1.54) is 0 Å². The predicted molar refractivity (Wildman–Crippen MR) is 94.3 cm³/mol. The first kappa shape index (κ1) is 16.1. The molecular formula is C18H24N6O. The molecule has 2 aromatic heterocycles. The van der Waals surface area contributed by atoms with E-state index in [1.54, 1.807) is 17.1 Å². The largest absolute Gasteiger partial charge is 0.368 e. The second kappa shape index (κ2) is 6.46. The molecule has 3 heterocycles. The number of carbonyl (C=O) groups is 1. The third-order valence-corrected chi connectivity index (χ3v) is 5.41. The summed E-state index contributed by atoms with van der Waals surface area (Å²) in [5, 5.41) is 4.25. The summed E-state index contributed by atoms with van der Waals surface area (Å²) in [6.45, 7) is 0.802. The Morgan fingerprint density at radius 3 is 2.72 bits per heavy atom. The Morgan fingerprint density at radius 1 is 1.20 bits per heavy atom. The number of rotatable bonds is 3. The highest BCUT2D eigenvalue weighted by atomic mass is 16.2. The Hall–Kier alpha value is -2.44. The third kappa shape index (κ3) is 2.99. The van der Waals surface area contributed by atoms with Gasteiger partial charge >= 0.3 is 0 Å². The normalized spacial score (nSPS) is 21.2. The van der Waals surface area contributed by atoms with E-state index in [9.17, 15) is 4.79 Å². The molecule has 7 nitrogen and oxygen atoms in total. The van der Waals surface area contributed by atoms with Crippen molar-refractivity contribution in [1.82, 2.24) is 24.6 Å². The van der Waals surface area contributed by atoms with Gasteiger partial charge in [-0.25, -0.2) is 9.97 Å². The van der Waals surface area contributed by atoms with E-state index >= 15 is 0 Å². The van der Waals surface area contributed by atoms with Gasteiger partial charge in [0.25, 0.3) is 0 Å². The molecule has 2 aliphatic rings. The van der Waals surface area contributed by atoms with Gasteiger partial charge in [0, 0.05) is 43.0 Å². The van der Waals surface area contributed by atoms with Gasteiger partial charge in [0.15, 0.2) is 0 Å². The number of carbonyl (C=O) groups excluding carboxylic acids is 1. The average molecular weight is 340 g/mol. The maximum atomic E-state index is 13.0. The molecule has 4 rings (SSSR count). The Labute approximate surface area is 147 Å². The molecule has 0 bridgehead atoms. The molecule has 2 N–H and O–H groups in total. The number of anilines is 1. The Bertz CT molecular complexity index is 780. The molecule has 0 aromatic carbocycles. The molecule has 1 aliphatic carbocycles. The van der Waals surface area contributed by atoms with Gasteiger partial charge < -0.3 is 10.6 Å². The van der Waals surface area contributed by atoms with E-state index in [0.29, 0.717) is 0 Å². The molecule has 2 fully saturated rings. The standard InChI is InChI=1S/C18H24N6O/c1-23-11-13(9-21-23)14-10-20-18(19)22-16(14)15-7-4-8-24(15)17(25)12-5-2-3-6-12/h9-12,15H,2-8H2,1H3,(H2,19,20,22)/t15-/m0/s1. The number of amides is 1. The zero-order valence-corrected chi connectivity index (χ0v) is 14.6. The Kier molecular flexibility index (Phi) is 4.15. The quantitative estimate of drug-likeness (QED) is 0.926. The van der Waals surface area contributed by atoms with Crippen molar-refractivity contribution in [2.75, 3.05) is 12.3 Å². The van der Waals surface area contributed by atoms with Gasteiger partial charge in [-0.1, -0.05) is 12.8 Å². The first-order valence-electron chi connectivity index (χ1n) is 9.05. The van der Waals surface area contributed by atoms with Crippen LogP contribution in [0.3, 0.4) is 0 Å². The number of aryl methyl sites for hydroxylation is 1. The van der Waals surface area contributed by atoms with Gasteiger partial charge in [-0.2, -0.15) is 5.10 Å². The van der Waals surface area contributed by atoms with Crippen molar-refractivity contribution in [2.45, 2.75) is 44.6 Å². The van der Waals surface area contributed by atoms with E-state index < -0.39 is 0 Å². The first-order valence-corrected chi connectivity index (χ1v) is 9.05. The molecule has 25 heavy (non-hydrogen) atoms. The summed E-state index contributed by atoms with van der Waals surface area (Å²) < 4.78 is 1.76. The van der Waals surface area contributed by atoms with Gasteiger partial charge in [-0.15, -0.1) is 0 Å². The van der Waals surface area contributed by atoms with Crippen LogP contribution in [0.25, 0.3) is 11.1 Å². The van der Waals surface area contributed by atoms with Gasteiger partial charge in [-0.05, 0) is 25.7 Å². The first-order chi connectivity index (χ1) is 12.1. The minimum atomic E-state index is -0.0198. The van der Waals surface area contributed by atoms with Crippen molar-refractivity contribution in [3.8, 4) is 11.1 Å². The lowest BCUT2D eigenvalue weighted by atomic mass is 10.0. The molecule has 7 heteroatoms. The molecule has 2 aromatic rings. The number of nitrogens with zero attached hydrogens (tertiary/aromatic N) is 5. The molecular weight excluding hydrogens is 316 g/mol. The SMILES string of the molecule is Cn1cc(-c2cnc(N)nc2[C@@H]2CCCN2C(=O)C2CCCC2)cn1. The van der Waals surface area contributed by atoms with Crippen LogP contribution >= 0.6 is 0 Å². The van der Waals surface area contributed by atoms with Crippen molar-refractivity contribution in [3.63, 3.8) is 0 Å². The lowest BCUT2D eigenvalue weighted by Crippen LogP contribution is -2.35. The van der Waals surface area contributed by atoms with Gasteiger partial charge in [-0.3, -0.25) is 9.48 Å². The number of hydrogen-bond donors (Lipinski definition) is 1. The highest BCUT2D eigenvalue weighted by Crippen LogP contribution is 2.39. The molecule has 1 amide bonds. The summed E-state index contributed by atoms with van der Waals surface area (Å²) in [6.07, 6.45) is 11.8. The molecule has 0 unspecified atom stereocenters. The number of likely N-dealkylation sites (tertiary alicyclic amines) is 1. The maximum absolute atomic E-state index is 13.0. The average Bonchev–Trinajstić information content (AvgIpc) is 3.35. The maximum Gasteiger partial charge on any atom is 0.226 e. The molecule has 0 radical (unpaired) electrons. The topological polar surface area (TPSA) is 89.9 Å². The van der Waals surface area contributed by atoms with Crippen molar-refractivity contribution in [3.05, 3.63) is 24.3 Å². The number of hydrogen-bond acceptors (Lipinski definition) is 5. The summed E-state index contributed by atoms with van der Waals surface area (Å²) in [5.74, 6) is 0.721. The molecule has 1 aliphatic heterocycles. The minimum absolute atomic E-state index is 0.0198. The number of nitrogen functional groups attached to an aromatic ring is 1. The van der Waals surface area contributed by atoms with Crippen molar-refractivity contribution in [1.29, 1.82) is 0 Å². The van der Waals surface area contributed by atoms with E-state index in [-0.39, 0.29) is 23.8 Å². The predicted octanol–water partition coefficient (Wildman–Crippen LogP) is 2.31. The third-order valence-electron chi connectivity index (χ3n) is 5.41. The summed E-state index contributed by atoms with van der Waals surface area (Å²) in [5.41, 5.74) is 8.60. The van der Waals surface area contributed by atoms with Crippen LogP contribution in [0, 0.1) is 5.92 Å². The Balaban J connectivity index is 1.70. The van der Waals surface area contributed by atoms with E-state index in [4.69, 9.17) is 5.73 Å². The lowest BCUT2D eigenvalue weighted by Gasteiger charge is -2.28. The highest BCUT2D eigenvalue weighted by molar-refractivity contribution is 5.80. The van der Waals surface area contributed by atoms with Crippen LogP contribution in [0.5, 0.6) is 0 Å². The zero-order valence-electron chi connectivity index (χ0n) is 14.6. The summed E-state index contributed by atoms with van der Waals surface area (Å²) in [6, 6.07) is -0.0198. The van der Waals surface area contributed by atoms with Crippen LogP contribution in [-0.2, 0) is 11.8 Å². The van der Waals surface area contributed by atoms with E-state index in [1.807, 2.05) is 18.1 Å². The van der Waals surface area contributed by atoms with Crippen LogP contribution in [0.15, 0.2) is 18.6 Å². The van der Waals surface area contributed by atoms with Gasteiger partial charge in [0.2, 0.25) is 11.9 Å². The van der Waals surface area contributed by atoms with E-state index in [0.717, 1.165) is 61.9 Å². The van der Waals surface area contributed by atoms with Crippen LogP contribution in [0.1, 0.15) is 50.3 Å². The van der Waals surface area contributed by atoms with Crippen molar-refractivity contribution < 1.29 is 4.79 Å². The second-order valence-electron chi connectivity index (χ2n) is 7.10. The Morgan fingerprint density at radius 2 is 2.00 bits per heavy atom. The van der Waals surface area contributed by atoms with Crippen molar-refractivity contribution in [2.24, 2.45) is 13.0 Å². The smallest absolute Gasteiger partial charge is 0.226 e. The summed E-state index contributed by atoms with van der Waals surface area (Å²) in [7, 11) is 1.88. The second-order valence-corrected chi connectivity index (χ2v) is 7.10. The molecule has 132 valence electrons. The lowest BCUT2D eigenvalue weighted by molar-refractivity contribution is -0.136. The molecule has 1 saturated heterocycles. The fraction of sp³-hybridized carbons (Fsp3) is 0.556. The summed E-state index contributed by atoms with van der Waals surface area (Å²) >= 11 is 0. The van der Waals surface area contributed by atoms with E-state index in [2.05, 4.69) is 15.1 Å². The van der Waals surface area contributed by atoms with Crippen molar-refractivity contribution >= 4 is 11.9 Å². The number of nitrogens with two attached hydrogens (primary N) is 1. The van der Waals surface area contributed by atoms with Crippen LogP contribution in [0.4, 0.5) is 5.95 Å². The fourth-order valence-corrected chi connectivity index (χ4v) is 4.17. The monoisotopic (exact) mass is 340 g/mol. The van der Waals surface area contributed by atoms with Crippen LogP contribution in [-0.4, -0.2) is 37.1 Å². The number of aromatic nitrogens is 4.